The van der Waals surface area contributed by atoms with Crippen molar-refractivity contribution in [1.29, 1.82) is 0 Å². The predicted octanol–water partition coefficient (Wildman–Crippen LogP) is 3.98. The minimum atomic E-state index is -0.654. The molecular formula is C36H40N8O6. The first-order valence-electron chi connectivity index (χ1n) is 16.3. The number of methoxy groups -OCH3 is 2. The zero-order chi connectivity index (χ0) is 35.5. The van der Waals surface area contributed by atoms with Crippen molar-refractivity contribution in [2.75, 3.05) is 40.4 Å². The Hall–Kier alpha value is -6.10. The molecule has 3 heterocycles. The predicted molar refractivity (Wildman–Crippen MR) is 184 cm³/mol. The smallest absolute Gasteiger partial charge is 0.407 e. The molecule has 4 aromatic rings. The van der Waals surface area contributed by atoms with Gasteiger partial charge < -0.3 is 39.9 Å². The van der Waals surface area contributed by atoms with E-state index in [1.165, 1.54) is 14.2 Å². The van der Waals surface area contributed by atoms with Crippen LogP contribution in [-0.4, -0.2) is 94.1 Å². The first-order valence-corrected chi connectivity index (χ1v) is 16.3. The molecule has 14 nitrogen and oxygen atoms in total. The number of amides is 4. The van der Waals surface area contributed by atoms with Crippen LogP contribution in [0.5, 0.6) is 0 Å². The van der Waals surface area contributed by atoms with Crippen LogP contribution in [-0.2, 0) is 25.6 Å². The highest BCUT2D eigenvalue weighted by Gasteiger charge is 2.32. The Morgan fingerprint density at radius 3 is 2.04 bits per heavy atom. The van der Waals surface area contributed by atoms with Crippen LogP contribution in [0.4, 0.5) is 9.59 Å². The van der Waals surface area contributed by atoms with Gasteiger partial charge in [-0.3, -0.25) is 9.59 Å². The van der Waals surface area contributed by atoms with Gasteiger partial charge >= 0.3 is 12.2 Å². The van der Waals surface area contributed by atoms with Crippen molar-refractivity contribution >= 4 is 24.0 Å². The Balaban J connectivity index is 1.17. The Bertz CT molecular complexity index is 1860. The van der Waals surface area contributed by atoms with Crippen LogP contribution in [0, 0.1) is 11.8 Å². The molecule has 260 valence electrons. The van der Waals surface area contributed by atoms with E-state index in [1.807, 2.05) is 55.5 Å². The maximum absolute atomic E-state index is 12.7. The first-order chi connectivity index (χ1) is 24.3. The van der Waals surface area contributed by atoms with Crippen molar-refractivity contribution in [2.24, 2.45) is 0 Å². The van der Waals surface area contributed by atoms with Crippen LogP contribution in [0.3, 0.4) is 0 Å². The van der Waals surface area contributed by atoms with E-state index in [1.54, 1.807) is 22.2 Å². The van der Waals surface area contributed by atoms with E-state index in [4.69, 9.17) is 0 Å². The number of carbonyl (C=O) groups is 4. The van der Waals surface area contributed by atoms with Gasteiger partial charge in [0.15, 0.2) is 0 Å². The molecule has 1 aliphatic heterocycles. The second kappa shape index (κ2) is 16.8. The van der Waals surface area contributed by atoms with Gasteiger partial charge in [0.1, 0.15) is 24.7 Å². The Morgan fingerprint density at radius 2 is 1.44 bits per heavy atom. The number of ether oxygens (including phenoxy) is 2. The van der Waals surface area contributed by atoms with E-state index in [2.05, 4.69) is 51.9 Å². The molecule has 4 amide bonds. The van der Waals surface area contributed by atoms with E-state index in [-0.39, 0.29) is 37.5 Å². The summed E-state index contributed by atoms with van der Waals surface area (Å²) in [5.74, 6) is 7.36. The van der Waals surface area contributed by atoms with Gasteiger partial charge in [0, 0.05) is 24.2 Å². The molecule has 50 heavy (non-hydrogen) atoms. The number of hydrogen-bond donors (Lipinski definition) is 4. The average molecular weight is 681 g/mol. The largest absolute Gasteiger partial charge is 0.453 e. The summed E-state index contributed by atoms with van der Waals surface area (Å²) in [4.78, 5) is 67.1. The van der Waals surface area contributed by atoms with Gasteiger partial charge in [-0.25, -0.2) is 19.6 Å². The lowest BCUT2D eigenvalue weighted by Gasteiger charge is -2.23. The SMILES string of the molecule is CCCN(Cc1ncc(-c2ccc(C#Cc3ccc(-c4cnc(C5CCCN5C(=O)CNC(=O)OC)[nH]4)cc3)cc2)[nH]1)C(=O)CNC(=O)OC. The van der Waals surface area contributed by atoms with Crippen LogP contribution < -0.4 is 10.6 Å². The summed E-state index contributed by atoms with van der Waals surface area (Å²) in [5, 5.41) is 4.87. The van der Waals surface area contributed by atoms with Crippen LogP contribution in [0.25, 0.3) is 22.5 Å². The maximum atomic E-state index is 12.7. The number of alkyl carbamates (subject to hydrolysis) is 2. The summed E-state index contributed by atoms with van der Waals surface area (Å²) in [7, 11) is 2.51. The molecule has 2 aromatic heterocycles. The summed E-state index contributed by atoms with van der Waals surface area (Å²) < 4.78 is 9.10. The lowest BCUT2D eigenvalue weighted by Crippen LogP contribution is -2.40. The molecule has 0 radical (unpaired) electrons. The Morgan fingerprint density at radius 1 is 0.860 bits per heavy atom. The third-order valence-corrected chi connectivity index (χ3v) is 8.18. The number of nitrogens with one attached hydrogen (secondary N) is 4. The first kappa shape index (κ1) is 35.2. The quantitative estimate of drug-likeness (QED) is 0.172. The summed E-state index contributed by atoms with van der Waals surface area (Å²) >= 11 is 0. The Kier molecular flexibility index (Phi) is 11.9. The van der Waals surface area contributed by atoms with Crippen molar-refractivity contribution in [3.05, 3.63) is 83.7 Å². The third-order valence-electron chi connectivity index (χ3n) is 8.18. The molecule has 4 N–H and O–H groups in total. The molecule has 0 saturated carbocycles. The van der Waals surface area contributed by atoms with Gasteiger partial charge in [-0.2, -0.15) is 0 Å². The molecule has 0 spiro atoms. The van der Waals surface area contributed by atoms with Crippen molar-refractivity contribution < 1.29 is 28.7 Å². The number of likely N-dealkylation sites (tertiary alicyclic amines) is 1. The average Bonchev–Trinajstić information content (AvgIpc) is 3.94. The molecular weight excluding hydrogens is 640 g/mol. The number of aromatic nitrogens is 4. The highest BCUT2D eigenvalue weighted by Crippen LogP contribution is 2.31. The van der Waals surface area contributed by atoms with Gasteiger partial charge in [-0.05, 0) is 54.7 Å². The number of benzene rings is 2. The van der Waals surface area contributed by atoms with E-state index in [0.717, 1.165) is 52.9 Å². The normalized spacial score (nSPS) is 13.6. The third kappa shape index (κ3) is 9.07. The number of carbonyl (C=O) groups excluding carboxylic acids is 4. The molecule has 1 aliphatic rings. The fourth-order valence-corrected chi connectivity index (χ4v) is 5.60. The summed E-state index contributed by atoms with van der Waals surface area (Å²) in [6.45, 7) is 3.12. The molecule has 1 saturated heterocycles. The van der Waals surface area contributed by atoms with Crippen molar-refractivity contribution in [1.82, 2.24) is 40.4 Å². The minimum absolute atomic E-state index is 0.127. The second-order valence-electron chi connectivity index (χ2n) is 11.6. The standard InChI is InChI=1S/C36H40N8O6/c1-4-17-43(32(45)21-39-35(47)49-2)23-31-37-19-28(41-31)26-13-9-24(10-14-26)7-8-25-11-15-27(16-12-25)29-20-38-34(42-29)30-6-5-18-44(30)33(46)22-40-36(48)50-3/h9-16,19-20,30H,4-6,17-18,21-23H2,1-3H3,(H,37,41)(H,38,42)(H,39,47)(H,40,48). The molecule has 1 unspecified atom stereocenters. The van der Waals surface area contributed by atoms with Gasteiger partial charge in [-0.1, -0.05) is 43.0 Å². The van der Waals surface area contributed by atoms with Gasteiger partial charge in [0.2, 0.25) is 11.8 Å². The van der Waals surface area contributed by atoms with E-state index in [0.29, 0.717) is 24.7 Å². The molecule has 14 heteroatoms. The highest BCUT2D eigenvalue weighted by molar-refractivity contribution is 5.83. The highest BCUT2D eigenvalue weighted by atomic mass is 16.5. The molecule has 2 aromatic carbocycles. The molecule has 0 aliphatic carbocycles. The van der Waals surface area contributed by atoms with E-state index >= 15 is 0 Å². The topological polar surface area (TPSA) is 175 Å². The van der Waals surface area contributed by atoms with Gasteiger partial charge in [-0.15, -0.1) is 0 Å². The maximum Gasteiger partial charge on any atom is 0.407 e. The number of rotatable bonds is 11. The van der Waals surface area contributed by atoms with Gasteiger partial charge in [0.25, 0.3) is 0 Å². The second-order valence-corrected chi connectivity index (χ2v) is 11.6. The van der Waals surface area contributed by atoms with Crippen LogP contribution in [0.2, 0.25) is 0 Å². The van der Waals surface area contributed by atoms with Crippen LogP contribution in [0.15, 0.2) is 60.9 Å². The zero-order valence-electron chi connectivity index (χ0n) is 28.2. The fraction of sp³-hybridized carbons (Fsp3) is 0.333. The molecule has 1 atom stereocenters. The lowest BCUT2D eigenvalue weighted by molar-refractivity contribution is -0.131. The monoisotopic (exact) mass is 680 g/mol. The number of aromatic amines is 2. The van der Waals surface area contributed by atoms with Crippen LogP contribution in [0.1, 0.15) is 55.0 Å². The number of nitrogens with zero attached hydrogens (tertiary/aromatic N) is 4. The van der Waals surface area contributed by atoms with Crippen molar-refractivity contribution in [3.8, 4) is 34.4 Å². The molecule has 1 fully saturated rings. The molecule has 0 bridgehead atoms. The van der Waals surface area contributed by atoms with Crippen molar-refractivity contribution in [3.63, 3.8) is 0 Å². The molecule has 5 rings (SSSR count). The minimum Gasteiger partial charge on any atom is -0.453 e. The van der Waals surface area contributed by atoms with Crippen LogP contribution >= 0.6 is 0 Å². The summed E-state index contributed by atoms with van der Waals surface area (Å²) in [6, 6.07) is 15.5. The lowest BCUT2D eigenvalue weighted by atomic mass is 10.1. The number of imidazole rings is 2. The van der Waals surface area contributed by atoms with E-state index < -0.39 is 12.2 Å². The number of hydrogen-bond acceptors (Lipinski definition) is 8. The summed E-state index contributed by atoms with van der Waals surface area (Å²) in [6.07, 6.45) is 4.60. The van der Waals surface area contributed by atoms with Crippen molar-refractivity contribution in [2.45, 2.75) is 38.8 Å². The summed E-state index contributed by atoms with van der Waals surface area (Å²) in [5.41, 5.74) is 5.24. The zero-order valence-corrected chi connectivity index (χ0v) is 28.2. The number of H-pyrrole nitrogens is 2. The van der Waals surface area contributed by atoms with E-state index in [9.17, 15) is 19.2 Å². The van der Waals surface area contributed by atoms with Gasteiger partial charge in [0.05, 0.1) is 50.6 Å². The Labute approximate surface area is 290 Å². The fourth-order valence-electron chi connectivity index (χ4n) is 5.60.